The first-order chi connectivity index (χ1) is 6.69. The zero-order chi connectivity index (χ0) is 10.2. The third kappa shape index (κ3) is 1.34. The lowest BCUT2D eigenvalue weighted by Gasteiger charge is -2.45. The van der Waals surface area contributed by atoms with Gasteiger partial charge >= 0.3 is 0 Å². The van der Waals surface area contributed by atoms with Crippen LogP contribution in [0.15, 0.2) is 0 Å². The van der Waals surface area contributed by atoms with Gasteiger partial charge in [0.1, 0.15) is 0 Å². The Balaban J connectivity index is 1.98. The van der Waals surface area contributed by atoms with Crippen LogP contribution >= 0.6 is 0 Å². The second-order valence-corrected chi connectivity index (χ2v) is 4.79. The molecule has 3 heteroatoms. The summed E-state index contributed by atoms with van der Waals surface area (Å²) in [5.74, 6) is 0.177. The standard InChI is InChI=1S/C11H19NO2/c1-12(9-4-2-5-9)10(14)11(8-13)6-3-7-11/h9,13H,2-8H2,1H3. The molecule has 0 aromatic carbocycles. The van der Waals surface area contributed by atoms with E-state index >= 15 is 0 Å². The summed E-state index contributed by atoms with van der Waals surface area (Å²) in [6.07, 6.45) is 6.37. The summed E-state index contributed by atoms with van der Waals surface area (Å²) >= 11 is 0. The van der Waals surface area contributed by atoms with Crippen LogP contribution in [0.4, 0.5) is 0 Å². The molecule has 3 nitrogen and oxygen atoms in total. The second-order valence-electron chi connectivity index (χ2n) is 4.79. The maximum Gasteiger partial charge on any atom is 0.231 e. The summed E-state index contributed by atoms with van der Waals surface area (Å²) in [5.41, 5.74) is -0.398. The number of amides is 1. The van der Waals surface area contributed by atoms with Crippen LogP contribution in [0.5, 0.6) is 0 Å². The van der Waals surface area contributed by atoms with Gasteiger partial charge in [0.25, 0.3) is 0 Å². The molecule has 0 aromatic heterocycles. The molecule has 2 fully saturated rings. The lowest BCUT2D eigenvalue weighted by molar-refractivity contribution is -0.153. The predicted molar refractivity (Wildman–Crippen MR) is 53.8 cm³/mol. The quantitative estimate of drug-likeness (QED) is 0.737. The summed E-state index contributed by atoms with van der Waals surface area (Å²) in [4.78, 5) is 14.0. The molecule has 0 saturated heterocycles. The zero-order valence-corrected chi connectivity index (χ0v) is 8.83. The maximum atomic E-state index is 12.1. The number of aliphatic hydroxyl groups is 1. The van der Waals surface area contributed by atoms with Crippen LogP contribution in [0, 0.1) is 5.41 Å². The van der Waals surface area contributed by atoms with E-state index < -0.39 is 5.41 Å². The molecule has 0 radical (unpaired) electrons. The van der Waals surface area contributed by atoms with Crippen molar-refractivity contribution in [3.8, 4) is 0 Å². The number of carbonyl (C=O) groups excluding carboxylic acids is 1. The molecule has 80 valence electrons. The SMILES string of the molecule is CN(C(=O)C1(CO)CCC1)C1CCC1. The van der Waals surface area contributed by atoms with Gasteiger partial charge < -0.3 is 10.0 Å². The molecule has 0 spiro atoms. The van der Waals surface area contributed by atoms with Gasteiger partial charge in [-0.05, 0) is 32.1 Å². The van der Waals surface area contributed by atoms with Crippen LogP contribution in [-0.2, 0) is 4.79 Å². The van der Waals surface area contributed by atoms with Crippen LogP contribution in [0.2, 0.25) is 0 Å². The Kier molecular flexibility index (Phi) is 2.52. The Morgan fingerprint density at radius 2 is 2.07 bits per heavy atom. The van der Waals surface area contributed by atoms with Crippen molar-refractivity contribution in [3.05, 3.63) is 0 Å². The Bertz CT molecular complexity index is 226. The molecular weight excluding hydrogens is 178 g/mol. The molecule has 14 heavy (non-hydrogen) atoms. The smallest absolute Gasteiger partial charge is 0.231 e. The fourth-order valence-corrected chi connectivity index (χ4v) is 2.36. The van der Waals surface area contributed by atoms with Crippen molar-refractivity contribution >= 4 is 5.91 Å². The van der Waals surface area contributed by atoms with Gasteiger partial charge in [-0.2, -0.15) is 0 Å². The molecule has 2 rings (SSSR count). The molecule has 1 amide bonds. The minimum Gasteiger partial charge on any atom is -0.395 e. The minimum atomic E-state index is -0.398. The second kappa shape index (κ2) is 3.54. The van der Waals surface area contributed by atoms with Gasteiger partial charge in [0.05, 0.1) is 12.0 Å². The van der Waals surface area contributed by atoms with Crippen molar-refractivity contribution in [2.45, 2.75) is 44.6 Å². The first-order valence-electron chi connectivity index (χ1n) is 5.58. The fraction of sp³-hybridized carbons (Fsp3) is 0.909. The van der Waals surface area contributed by atoms with E-state index in [0.717, 1.165) is 32.1 Å². The Labute approximate surface area is 85.1 Å². The number of rotatable bonds is 3. The van der Waals surface area contributed by atoms with Crippen molar-refractivity contribution in [1.82, 2.24) is 4.90 Å². The third-order valence-corrected chi connectivity index (χ3v) is 4.01. The lowest BCUT2D eigenvalue weighted by Crippen LogP contribution is -2.53. The molecule has 0 unspecified atom stereocenters. The Morgan fingerprint density at radius 3 is 2.36 bits per heavy atom. The van der Waals surface area contributed by atoms with E-state index in [9.17, 15) is 9.90 Å². The molecule has 2 aliphatic rings. The highest BCUT2D eigenvalue weighted by Gasteiger charge is 2.46. The summed E-state index contributed by atoms with van der Waals surface area (Å²) in [6.45, 7) is 0.0306. The largest absolute Gasteiger partial charge is 0.395 e. The van der Waals surface area contributed by atoms with Gasteiger partial charge in [-0.25, -0.2) is 0 Å². The van der Waals surface area contributed by atoms with E-state index in [1.165, 1.54) is 6.42 Å². The summed E-state index contributed by atoms with van der Waals surface area (Å²) in [6, 6.07) is 0.450. The topological polar surface area (TPSA) is 40.5 Å². The lowest BCUT2D eigenvalue weighted by atomic mass is 9.68. The highest BCUT2D eigenvalue weighted by Crippen LogP contribution is 2.43. The van der Waals surface area contributed by atoms with Gasteiger partial charge in [-0.1, -0.05) is 6.42 Å². The van der Waals surface area contributed by atoms with Gasteiger partial charge in [0, 0.05) is 13.1 Å². The van der Waals surface area contributed by atoms with Gasteiger partial charge in [0.2, 0.25) is 5.91 Å². The van der Waals surface area contributed by atoms with Crippen LogP contribution in [0.25, 0.3) is 0 Å². The Morgan fingerprint density at radius 1 is 1.43 bits per heavy atom. The number of nitrogens with zero attached hydrogens (tertiary/aromatic N) is 1. The van der Waals surface area contributed by atoms with Gasteiger partial charge in [0.15, 0.2) is 0 Å². The van der Waals surface area contributed by atoms with E-state index in [-0.39, 0.29) is 12.5 Å². The number of hydrogen-bond acceptors (Lipinski definition) is 2. The number of carbonyl (C=O) groups is 1. The van der Waals surface area contributed by atoms with Crippen LogP contribution in [0.3, 0.4) is 0 Å². The van der Waals surface area contributed by atoms with Crippen molar-refractivity contribution in [3.63, 3.8) is 0 Å². The number of hydrogen-bond donors (Lipinski definition) is 1. The molecule has 0 atom stereocenters. The summed E-state index contributed by atoms with van der Waals surface area (Å²) in [5, 5.41) is 9.28. The van der Waals surface area contributed by atoms with Gasteiger partial charge in [-0.3, -0.25) is 4.79 Å². The van der Waals surface area contributed by atoms with Crippen molar-refractivity contribution in [2.75, 3.05) is 13.7 Å². The fourth-order valence-electron chi connectivity index (χ4n) is 2.36. The summed E-state index contributed by atoms with van der Waals surface area (Å²) in [7, 11) is 1.89. The third-order valence-electron chi connectivity index (χ3n) is 4.01. The molecule has 1 N–H and O–H groups in total. The van der Waals surface area contributed by atoms with Crippen molar-refractivity contribution in [1.29, 1.82) is 0 Å². The monoisotopic (exact) mass is 197 g/mol. The van der Waals surface area contributed by atoms with E-state index in [1.54, 1.807) is 0 Å². The maximum absolute atomic E-state index is 12.1. The molecule has 0 aliphatic heterocycles. The molecule has 0 bridgehead atoms. The normalized spacial score (nSPS) is 25.0. The average Bonchev–Trinajstić information content (AvgIpc) is 1.99. The molecule has 2 saturated carbocycles. The van der Waals surface area contributed by atoms with E-state index in [4.69, 9.17) is 0 Å². The van der Waals surface area contributed by atoms with Crippen LogP contribution in [0.1, 0.15) is 38.5 Å². The average molecular weight is 197 g/mol. The van der Waals surface area contributed by atoms with E-state index in [0.29, 0.717) is 6.04 Å². The number of aliphatic hydroxyl groups excluding tert-OH is 1. The first-order valence-corrected chi connectivity index (χ1v) is 5.58. The molecule has 2 aliphatic carbocycles. The summed E-state index contributed by atoms with van der Waals surface area (Å²) < 4.78 is 0. The highest BCUT2D eigenvalue weighted by molar-refractivity contribution is 5.84. The molecule has 0 aromatic rings. The van der Waals surface area contributed by atoms with E-state index in [1.807, 2.05) is 11.9 Å². The van der Waals surface area contributed by atoms with Gasteiger partial charge in [-0.15, -0.1) is 0 Å². The van der Waals surface area contributed by atoms with Crippen LogP contribution in [-0.4, -0.2) is 35.6 Å². The van der Waals surface area contributed by atoms with Crippen molar-refractivity contribution in [2.24, 2.45) is 5.41 Å². The van der Waals surface area contributed by atoms with E-state index in [2.05, 4.69) is 0 Å². The van der Waals surface area contributed by atoms with Crippen molar-refractivity contribution < 1.29 is 9.90 Å². The minimum absolute atomic E-state index is 0.0306. The zero-order valence-electron chi connectivity index (χ0n) is 8.83. The first kappa shape index (κ1) is 9.97. The molecule has 0 heterocycles. The molecular formula is C11H19NO2. The predicted octanol–water partition coefficient (Wildman–Crippen LogP) is 1.16. The Hall–Kier alpha value is -0.570. The van der Waals surface area contributed by atoms with Crippen LogP contribution < -0.4 is 0 Å². The highest BCUT2D eigenvalue weighted by atomic mass is 16.3.